The number of nitrogens with zero attached hydrogens (tertiary/aromatic N) is 4. The van der Waals surface area contributed by atoms with Crippen molar-refractivity contribution in [2.75, 3.05) is 6.54 Å². The molecule has 0 bridgehead atoms. The molecular formula is C12H10N4. The van der Waals surface area contributed by atoms with Crippen LogP contribution in [-0.2, 0) is 0 Å². The molecule has 0 aromatic heterocycles. The van der Waals surface area contributed by atoms with Crippen molar-refractivity contribution < 1.29 is 0 Å². The molecule has 4 heteroatoms. The molecule has 0 N–H and O–H groups in total. The monoisotopic (exact) mass is 210 g/mol. The van der Waals surface area contributed by atoms with Gasteiger partial charge in [0.1, 0.15) is 0 Å². The topological polar surface area (TPSA) is 72.3 Å². The van der Waals surface area contributed by atoms with Crippen LogP contribution in [0.1, 0.15) is 5.56 Å². The smallest absolute Gasteiger partial charge is 0.154 e. The zero-order valence-electron chi connectivity index (χ0n) is 8.67. The van der Waals surface area contributed by atoms with Gasteiger partial charge in [0.15, 0.2) is 5.92 Å². The van der Waals surface area contributed by atoms with E-state index in [1.165, 1.54) is 0 Å². The van der Waals surface area contributed by atoms with Crippen LogP contribution in [0.2, 0.25) is 0 Å². The van der Waals surface area contributed by atoms with Gasteiger partial charge in [0, 0.05) is 5.56 Å². The maximum Gasteiger partial charge on any atom is 0.154 e. The Morgan fingerprint density at radius 2 is 1.88 bits per heavy atom. The fourth-order valence-corrected chi connectivity index (χ4v) is 1.01. The summed E-state index contributed by atoms with van der Waals surface area (Å²) >= 11 is 0. The summed E-state index contributed by atoms with van der Waals surface area (Å²) in [5.41, 5.74) is 1.40. The summed E-state index contributed by atoms with van der Waals surface area (Å²) in [6, 6.07) is 13.0. The Bertz CT molecular complexity index is 448. The van der Waals surface area contributed by atoms with E-state index >= 15 is 0 Å². The van der Waals surface area contributed by atoms with Gasteiger partial charge in [-0.3, -0.25) is 0 Å². The Morgan fingerprint density at radius 3 is 2.44 bits per heavy atom. The first-order chi connectivity index (χ1) is 7.77. The Hall–Kier alpha value is -2.46. The van der Waals surface area contributed by atoms with Crippen LogP contribution in [0, 0.1) is 28.6 Å². The predicted molar refractivity (Wildman–Crippen MR) is 59.9 cm³/mol. The van der Waals surface area contributed by atoms with Gasteiger partial charge < -0.3 is 0 Å². The van der Waals surface area contributed by atoms with Crippen LogP contribution in [0.3, 0.4) is 0 Å². The normalized spacial score (nSPS) is 9.94. The van der Waals surface area contributed by atoms with Crippen LogP contribution in [0.25, 0.3) is 5.70 Å². The first kappa shape index (κ1) is 11.6. The average molecular weight is 210 g/mol. The molecule has 0 aliphatic heterocycles. The van der Waals surface area contributed by atoms with Gasteiger partial charge in [-0.15, -0.1) is 0 Å². The van der Waals surface area contributed by atoms with Gasteiger partial charge in [-0.05, 0) is 0 Å². The zero-order chi connectivity index (χ0) is 11.8. The largest absolute Gasteiger partial charge is 0.197 e. The molecule has 0 saturated carbocycles. The van der Waals surface area contributed by atoms with E-state index in [2.05, 4.69) is 16.8 Å². The van der Waals surface area contributed by atoms with E-state index in [0.717, 1.165) is 5.56 Å². The van der Waals surface area contributed by atoms with Gasteiger partial charge >= 0.3 is 0 Å². The zero-order valence-corrected chi connectivity index (χ0v) is 8.67. The van der Waals surface area contributed by atoms with Gasteiger partial charge in [-0.1, -0.05) is 36.9 Å². The van der Waals surface area contributed by atoms with Crippen molar-refractivity contribution in [2.45, 2.75) is 0 Å². The molecular weight excluding hydrogens is 200 g/mol. The van der Waals surface area contributed by atoms with E-state index in [1.54, 1.807) is 0 Å². The second-order valence-corrected chi connectivity index (χ2v) is 3.05. The van der Waals surface area contributed by atoms with Crippen molar-refractivity contribution in [1.82, 2.24) is 0 Å². The van der Waals surface area contributed by atoms with Crippen LogP contribution in [0.4, 0.5) is 0 Å². The standard InChI is InChI=1S/C12H10N4/c1-10(12-5-3-2-4-6-12)16-15-9-11(7-13)8-14/h2-6,11H,1,9H2. The Balaban J connectivity index is 2.57. The van der Waals surface area contributed by atoms with Gasteiger partial charge in [-0.25, -0.2) is 0 Å². The highest BCUT2D eigenvalue weighted by Gasteiger charge is 2.03. The van der Waals surface area contributed by atoms with Gasteiger partial charge in [0.2, 0.25) is 0 Å². The number of rotatable bonds is 4. The molecule has 0 amide bonds. The molecule has 0 atom stereocenters. The van der Waals surface area contributed by atoms with Crippen molar-refractivity contribution in [3.05, 3.63) is 42.5 Å². The van der Waals surface area contributed by atoms with Crippen molar-refractivity contribution in [3.8, 4) is 12.1 Å². The number of hydrogen-bond acceptors (Lipinski definition) is 4. The Kier molecular flexibility index (Phi) is 4.43. The number of benzene rings is 1. The van der Waals surface area contributed by atoms with E-state index in [-0.39, 0.29) is 6.54 Å². The number of hydrogen-bond donors (Lipinski definition) is 0. The van der Waals surface area contributed by atoms with Crippen molar-refractivity contribution in [3.63, 3.8) is 0 Å². The molecule has 0 saturated heterocycles. The maximum atomic E-state index is 8.51. The lowest BCUT2D eigenvalue weighted by atomic mass is 10.2. The van der Waals surface area contributed by atoms with E-state index < -0.39 is 5.92 Å². The molecule has 0 heterocycles. The van der Waals surface area contributed by atoms with Crippen LogP contribution in [0.15, 0.2) is 47.1 Å². The van der Waals surface area contributed by atoms with E-state index in [4.69, 9.17) is 10.5 Å². The van der Waals surface area contributed by atoms with Crippen LogP contribution in [0.5, 0.6) is 0 Å². The fourth-order valence-electron chi connectivity index (χ4n) is 1.01. The molecule has 0 aliphatic rings. The lowest BCUT2D eigenvalue weighted by molar-refractivity contribution is 0.810. The summed E-state index contributed by atoms with van der Waals surface area (Å²) in [6.45, 7) is 3.83. The molecule has 1 aromatic rings. The summed E-state index contributed by atoms with van der Waals surface area (Å²) in [6.07, 6.45) is 0. The number of nitriles is 2. The third kappa shape index (κ3) is 3.36. The molecule has 1 aromatic carbocycles. The van der Waals surface area contributed by atoms with E-state index in [0.29, 0.717) is 5.70 Å². The summed E-state index contributed by atoms with van der Waals surface area (Å²) in [5.74, 6) is -0.743. The molecule has 0 aliphatic carbocycles. The highest BCUT2D eigenvalue weighted by atomic mass is 15.1. The predicted octanol–water partition coefficient (Wildman–Crippen LogP) is 2.77. The molecule has 0 spiro atoms. The molecule has 0 fully saturated rings. The molecule has 78 valence electrons. The highest BCUT2D eigenvalue weighted by molar-refractivity contribution is 5.61. The van der Waals surface area contributed by atoms with Crippen LogP contribution in [-0.4, -0.2) is 6.54 Å². The number of azo groups is 1. The molecule has 0 unspecified atom stereocenters. The summed E-state index contributed by atoms with van der Waals surface area (Å²) in [5, 5.41) is 24.7. The lowest BCUT2D eigenvalue weighted by Gasteiger charge is -1.97. The maximum absolute atomic E-state index is 8.51. The van der Waals surface area contributed by atoms with Crippen molar-refractivity contribution in [1.29, 1.82) is 10.5 Å². The lowest BCUT2D eigenvalue weighted by Crippen LogP contribution is -1.96. The van der Waals surface area contributed by atoms with Crippen molar-refractivity contribution in [2.24, 2.45) is 16.1 Å². The second kappa shape index (κ2) is 6.10. The minimum atomic E-state index is -0.743. The third-order valence-corrected chi connectivity index (χ3v) is 1.87. The Morgan fingerprint density at radius 1 is 1.25 bits per heavy atom. The van der Waals surface area contributed by atoms with E-state index in [1.807, 2.05) is 42.5 Å². The third-order valence-electron chi connectivity index (χ3n) is 1.87. The first-order valence-electron chi connectivity index (χ1n) is 4.69. The van der Waals surface area contributed by atoms with Crippen molar-refractivity contribution >= 4 is 5.70 Å². The molecule has 4 nitrogen and oxygen atoms in total. The molecule has 0 radical (unpaired) electrons. The van der Waals surface area contributed by atoms with Gasteiger partial charge in [-0.2, -0.15) is 20.8 Å². The average Bonchev–Trinajstić information content (AvgIpc) is 2.35. The van der Waals surface area contributed by atoms with Crippen LogP contribution >= 0.6 is 0 Å². The SMILES string of the molecule is C=C(N=NCC(C#N)C#N)c1ccccc1. The fraction of sp³-hybridized carbons (Fsp3) is 0.167. The van der Waals surface area contributed by atoms with Gasteiger partial charge in [0.25, 0.3) is 0 Å². The first-order valence-corrected chi connectivity index (χ1v) is 4.69. The quantitative estimate of drug-likeness (QED) is 0.716. The highest BCUT2D eigenvalue weighted by Crippen LogP contribution is 2.13. The van der Waals surface area contributed by atoms with Crippen LogP contribution < -0.4 is 0 Å². The minimum Gasteiger partial charge on any atom is -0.197 e. The Labute approximate surface area is 94.2 Å². The summed E-state index contributed by atoms with van der Waals surface area (Å²) in [7, 11) is 0. The minimum absolute atomic E-state index is 0.0822. The summed E-state index contributed by atoms with van der Waals surface area (Å²) < 4.78 is 0. The molecule has 1 rings (SSSR count). The van der Waals surface area contributed by atoms with E-state index in [9.17, 15) is 0 Å². The molecule has 16 heavy (non-hydrogen) atoms. The summed E-state index contributed by atoms with van der Waals surface area (Å²) in [4.78, 5) is 0. The second-order valence-electron chi connectivity index (χ2n) is 3.05. The van der Waals surface area contributed by atoms with Gasteiger partial charge in [0.05, 0.1) is 24.4 Å².